The molecule has 0 nitrogen and oxygen atoms in total. The quantitative estimate of drug-likeness (QED) is 0.263. The van der Waals surface area contributed by atoms with Crippen LogP contribution >= 0.6 is 71.0 Å². The van der Waals surface area contributed by atoms with Gasteiger partial charge in [-0.05, 0) is 0 Å². The van der Waals surface area contributed by atoms with Crippen molar-refractivity contribution < 1.29 is 0 Å². The molecule has 6 heavy (non-hydrogen) atoms. The molecule has 0 spiro atoms. The van der Waals surface area contributed by atoms with E-state index in [9.17, 15) is 0 Å². The van der Waals surface area contributed by atoms with Gasteiger partial charge >= 0.3 is 113 Å². The third-order valence-electron chi connectivity index (χ3n) is 0. The van der Waals surface area contributed by atoms with Crippen LogP contribution in [0, 0.1) is 0 Å². The van der Waals surface area contributed by atoms with Gasteiger partial charge in [-0.1, -0.05) is 0 Å². The molecule has 0 unspecified atom stereocenters. The minimum atomic E-state index is -1.40. The molecular formula is H2CaI4Pb. The Balaban J connectivity index is 0. The van der Waals surface area contributed by atoms with E-state index in [2.05, 4.69) is 71.0 Å². The maximum absolute atomic E-state index is 2.56. The van der Waals surface area contributed by atoms with E-state index in [0.717, 1.165) is 0 Å². The molecule has 0 aromatic heterocycles. The molecule has 0 aromatic carbocycles. The van der Waals surface area contributed by atoms with Crippen LogP contribution in [0.15, 0.2) is 0 Å². The molecule has 0 rings (SSSR count). The Morgan fingerprint density at radius 2 is 0.833 bits per heavy atom. The fourth-order valence-corrected chi connectivity index (χ4v) is 0. The molecular weight excluding hydrogens is 755 g/mol. The summed E-state index contributed by atoms with van der Waals surface area (Å²) in [6.45, 7) is 0. The molecule has 0 amide bonds. The van der Waals surface area contributed by atoms with Crippen molar-refractivity contribution in [2.45, 2.75) is 0 Å². The van der Waals surface area contributed by atoms with Crippen LogP contribution in [0.3, 0.4) is 0 Å². The van der Waals surface area contributed by atoms with Crippen molar-refractivity contribution in [3.05, 3.63) is 0 Å². The van der Waals surface area contributed by atoms with E-state index in [1.54, 1.807) is 0 Å². The topological polar surface area (TPSA) is 0 Å². The molecule has 0 saturated heterocycles. The summed E-state index contributed by atoms with van der Waals surface area (Å²) in [5.41, 5.74) is 0. The fourth-order valence-electron chi connectivity index (χ4n) is 0. The van der Waals surface area contributed by atoms with Gasteiger partial charge < -0.3 is 0 Å². The van der Waals surface area contributed by atoms with Gasteiger partial charge in [-0.15, -0.1) is 0 Å². The van der Waals surface area contributed by atoms with E-state index >= 15 is 0 Å². The van der Waals surface area contributed by atoms with Crippen molar-refractivity contribution >= 4 is 113 Å². The molecule has 6 heteroatoms. The van der Waals surface area contributed by atoms with Crippen molar-refractivity contribution in [3.8, 4) is 0 Å². The Morgan fingerprint density at radius 3 is 0.833 bits per heavy atom. The van der Waals surface area contributed by atoms with Crippen LogP contribution in [0.2, 0.25) is 0 Å². The van der Waals surface area contributed by atoms with Crippen molar-refractivity contribution in [1.82, 2.24) is 0 Å². The zero-order valence-corrected chi connectivity index (χ0v) is 14.5. The molecule has 0 aliphatic carbocycles. The van der Waals surface area contributed by atoms with Gasteiger partial charge in [0.1, 0.15) is 0 Å². The number of rotatable bonds is 0. The van der Waals surface area contributed by atoms with Crippen LogP contribution in [-0.2, 0) is 0 Å². The zero-order chi connectivity index (χ0) is 4.50. The molecule has 36 valence electrons. The van der Waals surface area contributed by atoms with E-state index < -0.39 is 4.00 Å². The summed E-state index contributed by atoms with van der Waals surface area (Å²) in [5, 5.41) is 0. The standard InChI is InChI=1S/Ca.4HI.Pb.2H/h;4*1H;;;/q;;;;;+4;;/p-4. The molecule has 0 fully saturated rings. The molecule has 0 aliphatic rings. The molecule has 0 bridgehead atoms. The first kappa shape index (κ1) is 13.7. The van der Waals surface area contributed by atoms with Crippen molar-refractivity contribution in [2.24, 2.45) is 0 Å². The van der Waals surface area contributed by atoms with E-state index in [0.29, 0.717) is 0 Å². The van der Waals surface area contributed by atoms with E-state index in [1.807, 2.05) is 0 Å². The predicted molar refractivity (Wildman–Crippen MR) is 70.4 cm³/mol. The first-order valence-corrected chi connectivity index (χ1v) is 44.5. The van der Waals surface area contributed by atoms with Gasteiger partial charge in [0, 0.05) is 0 Å². The summed E-state index contributed by atoms with van der Waals surface area (Å²) in [5.74, 6) is 0. The van der Waals surface area contributed by atoms with E-state index in [-0.39, 0.29) is 37.7 Å². The second-order valence-electron chi connectivity index (χ2n) is 0.429. The third kappa shape index (κ3) is 23.0. The van der Waals surface area contributed by atoms with Gasteiger partial charge in [0.05, 0.1) is 0 Å². The summed E-state index contributed by atoms with van der Waals surface area (Å²) < 4.78 is -1.40. The summed E-state index contributed by atoms with van der Waals surface area (Å²) in [4.78, 5) is 0. The second-order valence-corrected chi connectivity index (χ2v) is 169. The average Bonchev–Trinajstić information content (AvgIpc) is 0.722. The minimum absolute atomic E-state index is 0. The first-order valence-electron chi connectivity index (χ1n) is 0.756. The van der Waals surface area contributed by atoms with Crippen molar-refractivity contribution in [2.75, 3.05) is 0 Å². The molecule has 0 heterocycles. The van der Waals surface area contributed by atoms with Gasteiger partial charge in [-0.2, -0.15) is 0 Å². The Morgan fingerprint density at radius 1 is 0.833 bits per heavy atom. The average molecular weight is 757 g/mol. The zero-order valence-electron chi connectivity index (χ0n) is 2.01. The number of hydrogen-bond donors (Lipinski definition) is 0. The Kier molecular flexibility index (Phi) is 15.5. The summed E-state index contributed by atoms with van der Waals surface area (Å²) in [6.07, 6.45) is 0. The predicted octanol–water partition coefficient (Wildman–Crippen LogP) is 2.25. The van der Waals surface area contributed by atoms with Crippen LogP contribution in [0.5, 0.6) is 0 Å². The van der Waals surface area contributed by atoms with Gasteiger partial charge in [0.25, 0.3) is 0 Å². The van der Waals surface area contributed by atoms with Crippen LogP contribution in [0.4, 0.5) is 0 Å². The molecule has 0 N–H and O–H groups in total. The molecule has 0 saturated carbocycles. The first-order chi connectivity index (χ1) is 2.00. The molecule has 0 atom stereocenters. The van der Waals surface area contributed by atoms with Crippen molar-refractivity contribution in [1.29, 1.82) is 0 Å². The Bertz CT molecular complexity index is 23.0. The van der Waals surface area contributed by atoms with Gasteiger partial charge in [-0.25, -0.2) is 0 Å². The SMILES string of the molecule is [CaH2].[I][Pb]([I])([I])[I]. The molecule has 0 radical (unpaired) electrons. The Labute approximate surface area is 108 Å². The van der Waals surface area contributed by atoms with Gasteiger partial charge in [-0.3, -0.25) is 0 Å². The van der Waals surface area contributed by atoms with E-state index in [1.165, 1.54) is 0 Å². The van der Waals surface area contributed by atoms with Crippen LogP contribution in [0.25, 0.3) is 0 Å². The van der Waals surface area contributed by atoms with Gasteiger partial charge in [0.2, 0.25) is 0 Å². The van der Waals surface area contributed by atoms with E-state index in [4.69, 9.17) is 0 Å². The van der Waals surface area contributed by atoms with Crippen LogP contribution in [0.1, 0.15) is 0 Å². The van der Waals surface area contributed by atoms with Crippen LogP contribution < -0.4 is 0 Å². The normalized spacial score (nSPS) is 10.0. The fraction of sp³-hybridized carbons (Fsp3) is 0. The van der Waals surface area contributed by atoms with Gasteiger partial charge in [0.15, 0.2) is 0 Å². The van der Waals surface area contributed by atoms with Crippen LogP contribution in [-0.4, -0.2) is 41.7 Å². The summed E-state index contributed by atoms with van der Waals surface area (Å²) in [7, 11) is 0. The summed E-state index contributed by atoms with van der Waals surface area (Å²) in [6, 6.07) is 0. The number of hydrogen-bond acceptors (Lipinski definition) is 0. The Hall–Kier alpha value is 5.10. The number of halogens is 4. The third-order valence-corrected chi connectivity index (χ3v) is 0. The monoisotopic (exact) mass is 758 g/mol. The van der Waals surface area contributed by atoms with Crippen molar-refractivity contribution in [3.63, 3.8) is 0 Å². The molecule has 0 aliphatic heterocycles. The second kappa shape index (κ2) is 6.79. The molecule has 0 aromatic rings. The maximum atomic E-state index is 2.56. The summed E-state index contributed by atoms with van der Waals surface area (Å²) >= 11 is 10.2.